The molecule has 0 spiro atoms. The molecule has 0 saturated heterocycles. The van der Waals surface area contributed by atoms with Crippen LogP contribution in [0.3, 0.4) is 0 Å². The lowest BCUT2D eigenvalue weighted by Crippen LogP contribution is -2.10. The summed E-state index contributed by atoms with van der Waals surface area (Å²) in [5, 5.41) is 0. The summed E-state index contributed by atoms with van der Waals surface area (Å²) in [6, 6.07) is 3.90. The van der Waals surface area contributed by atoms with E-state index in [4.69, 9.17) is 0 Å². The Hall–Kier alpha value is -1.18. The Morgan fingerprint density at radius 3 is 2.83 bits per heavy atom. The Balaban J connectivity index is 2.46. The molecule has 1 aliphatic carbocycles. The topological polar surface area (TPSA) is 30.0 Å². The first-order valence-corrected chi connectivity index (χ1v) is 4.17. The van der Waals surface area contributed by atoms with Gasteiger partial charge in [0.2, 0.25) is 0 Å². The number of aldehydes is 1. The van der Waals surface area contributed by atoms with E-state index in [-0.39, 0.29) is 5.41 Å². The van der Waals surface area contributed by atoms with Crippen LogP contribution in [-0.2, 0) is 10.2 Å². The molecule has 1 aliphatic rings. The second-order valence-corrected chi connectivity index (χ2v) is 3.41. The lowest BCUT2D eigenvalue weighted by Gasteiger charge is -2.08. The molecule has 0 aliphatic heterocycles. The van der Waals surface area contributed by atoms with Gasteiger partial charge in [0.25, 0.3) is 0 Å². The summed E-state index contributed by atoms with van der Waals surface area (Å²) in [4.78, 5) is 15.0. The maximum atomic E-state index is 10.8. The highest BCUT2D eigenvalue weighted by Gasteiger charge is 2.45. The summed E-state index contributed by atoms with van der Waals surface area (Å²) in [5.74, 6) is 0. The maximum Gasteiger partial charge on any atom is 0.130 e. The van der Waals surface area contributed by atoms with Crippen LogP contribution in [-0.4, -0.2) is 11.3 Å². The third-order valence-electron chi connectivity index (χ3n) is 2.56. The molecule has 62 valence electrons. The molecule has 2 heteroatoms. The van der Waals surface area contributed by atoms with E-state index < -0.39 is 0 Å². The minimum Gasteiger partial charge on any atom is -0.302 e. The summed E-state index contributed by atoms with van der Waals surface area (Å²) in [6.45, 7) is 1.96. The van der Waals surface area contributed by atoms with Crippen molar-refractivity contribution in [3.8, 4) is 0 Å². The second-order valence-electron chi connectivity index (χ2n) is 3.41. The summed E-state index contributed by atoms with van der Waals surface area (Å²) in [6.07, 6.45) is 4.81. The molecule has 12 heavy (non-hydrogen) atoms. The van der Waals surface area contributed by atoms with E-state index in [1.165, 1.54) is 0 Å². The molecule has 0 atom stereocenters. The van der Waals surface area contributed by atoms with Crippen LogP contribution < -0.4 is 0 Å². The summed E-state index contributed by atoms with van der Waals surface area (Å²) in [5.41, 5.74) is 1.93. The SMILES string of the molecule is Cc1ncccc1C1(C=O)CC1. The van der Waals surface area contributed by atoms with Crippen LogP contribution in [0, 0.1) is 6.92 Å². The van der Waals surface area contributed by atoms with E-state index in [0.29, 0.717) is 0 Å². The minimum absolute atomic E-state index is 0.168. The first-order valence-electron chi connectivity index (χ1n) is 4.17. The van der Waals surface area contributed by atoms with E-state index in [2.05, 4.69) is 4.98 Å². The fraction of sp³-hybridized carbons (Fsp3) is 0.400. The van der Waals surface area contributed by atoms with Gasteiger partial charge in [-0.1, -0.05) is 6.07 Å². The van der Waals surface area contributed by atoms with Gasteiger partial charge in [0, 0.05) is 11.9 Å². The van der Waals surface area contributed by atoms with Crippen molar-refractivity contribution in [3.63, 3.8) is 0 Å². The standard InChI is InChI=1S/C10H11NO/c1-8-9(3-2-6-11-8)10(7-12)4-5-10/h2-3,6-7H,4-5H2,1H3. The molecule has 0 radical (unpaired) electrons. The van der Waals surface area contributed by atoms with E-state index in [9.17, 15) is 4.79 Å². The Kier molecular flexibility index (Phi) is 1.50. The molecule has 0 unspecified atom stereocenters. The Morgan fingerprint density at radius 2 is 2.33 bits per heavy atom. The number of pyridine rings is 1. The molecule has 0 aromatic carbocycles. The van der Waals surface area contributed by atoms with Gasteiger partial charge in [0.1, 0.15) is 6.29 Å². The van der Waals surface area contributed by atoms with Crippen LogP contribution in [0.4, 0.5) is 0 Å². The van der Waals surface area contributed by atoms with E-state index >= 15 is 0 Å². The number of rotatable bonds is 2. The van der Waals surface area contributed by atoms with Gasteiger partial charge >= 0.3 is 0 Å². The first-order chi connectivity index (χ1) is 5.78. The van der Waals surface area contributed by atoms with Gasteiger partial charge in [-0.2, -0.15) is 0 Å². The largest absolute Gasteiger partial charge is 0.302 e. The van der Waals surface area contributed by atoms with Gasteiger partial charge in [-0.05, 0) is 31.4 Å². The molecule has 1 aromatic heterocycles. The predicted molar refractivity (Wildman–Crippen MR) is 46.0 cm³/mol. The van der Waals surface area contributed by atoms with Gasteiger partial charge in [0.15, 0.2) is 0 Å². The fourth-order valence-electron chi connectivity index (χ4n) is 1.60. The average molecular weight is 161 g/mol. The molecule has 0 amide bonds. The molecular formula is C10H11NO. The zero-order valence-corrected chi connectivity index (χ0v) is 7.08. The number of carbonyl (C=O) groups excluding carboxylic acids is 1. The molecular weight excluding hydrogens is 150 g/mol. The summed E-state index contributed by atoms with van der Waals surface area (Å²) in [7, 11) is 0. The molecule has 1 saturated carbocycles. The monoisotopic (exact) mass is 161 g/mol. The van der Waals surface area contributed by atoms with Crippen molar-refractivity contribution in [2.45, 2.75) is 25.2 Å². The van der Waals surface area contributed by atoms with E-state index in [1.807, 2.05) is 19.1 Å². The van der Waals surface area contributed by atoms with Crippen molar-refractivity contribution in [3.05, 3.63) is 29.6 Å². The Morgan fingerprint density at radius 1 is 1.58 bits per heavy atom. The van der Waals surface area contributed by atoms with E-state index in [0.717, 1.165) is 30.4 Å². The lowest BCUT2D eigenvalue weighted by atomic mass is 9.97. The van der Waals surface area contributed by atoms with Crippen LogP contribution in [0.2, 0.25) is 0 Å². The first kappa shape index (κ1) is 7.47. The molecule has 1 fully saturated rings. The van der Waals surface area contributed by atoms with Crippen molar-refractivity contribution in [2.75, 3.05) is 0 Å². The van der Waals surface area contributed by atoms with Gasteiger partial charge in [-0.3, -0.25) is 4.98 Å². The summed E-state index contributed by atoms with van der Waals surface area (Å²) >= 11 is 0. The zero-order valence-electron chi connectivity index (χ0n) is 7.08. The molecule has 1 aromatic rings. The predicted octanol–water partition coefficient (Wildman–Crippen LogP) is 1.62. The third kappa shape index (κ3) is 0.951. The van der Waals surface area contributed by atoms with Crippen molar-refractivity contribution >= 4 is 6.29 Å². The highest BCUT2D eigenvalue weighted by Crippen LogP contribution is 2.46. The Bertz CT molecular complexity index is 315. The number of carbonyl (C=O) groups is 1. The van der Waals surface area contributed by atoms with Crippen LogP contribution in [0.1, 0.15) is 24.1 Å². The lowest BCUT2D eigenvalue weighted by molar-refractivity contribution is -0.109. The quantitative estimate of drug-likeness (QED) is 0.617. The van der Waals surface area contributed by atoms with Crippen molar-refractivity contribution < 1.29 is 4.79 Å². The molecule has 1 heterocycles. The average Bonchev–Trinajstić information content (AvgIpc) is 2.86. The van der Waals surface area contributed by atoms with Gasteiger partial charge < -0.3 is 4.79 Å². The van der Waals surface area contributed by atoms with Crippen LogP contribution >= 0.6 is 0 Å². The van der Waals surface area contributed by atoms with Gasteiger partial charge in [0.05, 0.1) is 5.41 Å². The number of nitrogens with zero attached hydrogens (tertiary/aromatic N) is 1. The van der Waals surface area contributed by atoms with Crippen molar-refractivity contribution in [1.82, 2.24) is 4.98 Å². The van der Waals surface area contributed by atoms with E-state index in [1.54, 1.807) is 6.20 Å². The van der Waals surface area contributed by atoms with Gasteiger partial charge in [-0.25, -0.2) is 0 Å². The zero-order chi connectivity index (χ0) is 8.60. The maximum absolute atomic E-state index is 10.8. The van der Waals surface area contributed by atoms with Crippen LogP contribution in [0.25, 0.3) is 0 Å². The minimum atomic E-state index is -0.168. The number of hydrogen-bond acceptors (Lipinski definition) is 2. The third-order valence-corrected chi connectivity index (χ3v) is 2.56. The van der Waals surface area contributed by atoms with Crippen LogP contribution in [0.5, 0.6) is 0 Å². The molecule has 2 rings (SSSR count). The number of hydrogen-bond donors (Lipinski definition) is 0. The molecule has 0 bridgehead atoms. The normalized spacial score (nSPS) is 18.8. The molecule has 0 N–H and O–H groups in total. The summed E-state index contributed by atoms with van der Waals surface area (Å²) < 4.78 is 0. The number of aryl methyl sites for hydroxylation is 1. The van der Waals surface area contributed by atoms with Crippen LogP contribution in [0.15, 0.2) is 18.3 Å². The fourth-order valence-corrected chi connectivity index (χ4v) is 1.60. The second kappa shape index (κ2) is 2.41. The Labute approximate surface area is 71.6 Å². The highest BCUT2D eigenvalue weighted by molar-refractivity contribution is 5.73. The smallest absolute Gasteiger partial charge is 0.130 e. The van der Waals surface area contributed by atoms with Gasteiger partial charge in [-0.15, -0.1) is 0 Å². The van der Waals surface area contributed by atoms with Crippen molar-refractivity contribution in [2.24, 2.45) is 0 Å². The van der Waals surface area contributed by atoms with Crippen molar-refractivity contribution in [1.29, 1.82) is 0 Å². The molecule has 2 nitrogen and oxygen atoms in total. The highest BCUT2D eigenvalue weighted by atomic mass is 16.1. The number of aromatic nitrogens is 1.